The molecule has 0 fully saturated rings. The Labute approximate surface area is 195 Å². The smallest absolute Gasteiger partial charge is 0.330 e. The predicted octanol–water partition coefficient (Wildman–Crippen LogP) is 7.99. The maximum Gasteiger partial charge on any atom is 0.330 e. The van der Waals surface area contributed by atoms with Crippen molar-refractivity contribution in [3.8, 4) is 11.5 Å². The second-order valence-corrected chi connectivity index (χ2v) is 8.40. The maximum atomic E-state index is 11.7. The van der Waals surface area contributed by atoms with Crippen LogP contribution in [0.4, 0.5) is 0 Å². The van der Waals surface area contributed by atoms with E-state index in [1.165, 1.54) is 90.2 Å². The topological polar surface area (TPSA) is 55.8 Å². The number of methoxy groups -OCH3 is 1. The van der Waals surface area contributed by atoms with Crippen molar-refractivity contribution in [3.05, 3.63) is 42.0 Å². The van der Waals surface area contributed by atoms with E-state index in [0.29, 0.717) is 5.75 Å². The lowest BCUT2D eigenvalue weighted by atomic mass is 10.0. The highest BCUT2D eigenvalue weighted by Crippen LogP contribution is 2.26. The molecule has 1 aromatic rings. The fourth-order valence-electron chi connectivity index (χ4n) is 3.62. The van der Waals surface area contributed by atoms with Gasteiger partial charge < -0.3 is 14.6 Å². The third-order valence-corrected chi connectivity index (χ3v) is 5.56. The average molecular weight is 445 g/mol. The molecule has 0 heterocycles. The van der Waals surface area contributed by atoms with Gasteiger partial charge in [-0.05, 0) is 36.6 Å². The van der Waals surface area contributed by atoms with Gasteiger partial charge in [0.15, 0.2) is 11.5 Å². The molecule has 0 bridgehead atoms. The van der Waals surface area contributed by atoms with Crippen LogP contribution in [0.15, 0.2) is 36.4 Å². The molecule has 0 radical (unpaired) electrons. The molecule has 4 nitrogen and oxygen atoms in total. The van der Waals surface area contributed by atoms with Crippen molar-refractivity contribution in [1.82, 2.24) is 0 Å². The highest BCUT2D eigenvalue weighted by Gasteiger charge is 2.00. The van der Waals surface area contributed by atoms with Crippen molar-refractivity contribution in [3.63, 3.8) is 0 Å². The third kappa shape index (κ3) is 14.7. The Morgan fingerprint density at radius 3 is 2.06 bits per heavy atom. The van der Waals surface area contributed by atoms with Gasteiger partial charge in [-0.2, -0.15) is 0 Å². The summed E-state index contributed by atoms with van der Waals surface area (Å²) in [7, 11) is 1.51. The van der Waals surface area contributed by atoms with Crippen molar-refractivity contribution in [2.24, 2.45) is 0 Å². The van der Waals surface area contributed by atoms with Gasteiger partial charge >= 0.3 is 5.97 Å². The van der Waals surface area contributed by atoms with Crippen molar-refractivity contribution >= 4 is 12.0 Å². The number of carbonyl (C=O) groups excluding carboxylic acids is 1. The van der Waals surface area contributed by atoms with E-state index < -0.39 is 0 Å². The zero-order valence-electron chi connectivity index (χ0n) is 20.3. The predicted molar refractivity (Wildman–Crippen MR) is 134 cm³/mol. The summed E-state index contributed by atoms with van der Waals surface area (Å²) < 4.78 is 10.2. The maximum absolute atomic E-state index is 11.7. The Balaban J connectivity index is 1.95. The molecule has 0 amide bonds. The number of benzene rings is 1. The Hall–Kier alpha value is -2.23. The Bertz CT molecular complexity index is 663. The fourth-order valence-corrected chi connectivity index (χ4v) is 3.62. The van der Waals surface area contributed by atoms with Gasteiger partial charge in [0.25, 0.3) is 0 Å². The molecular weight excluding hydrogens is 400 g/mol. The minimum atomic E-state index is -0.312. The molecular formula is C28H44O4. The molecule has 0 saturated heterocycles. The molecule has 0 aliphatic heterocycles. The summed E-state index contributed by atoms with van der Waals surface area (Å²) in [6, 6.07) is 5.07. The van der Waals surface area contributed by atoms with Gasteiger partial charge in [0.2, 0.25) is 0 Å². The van der Waals surface area contributed by atoms with Crippen LogP contribution >= 0.6 is 0 Å². The van der Waals surface area contributed by atoms with Crippen LogP contribution in [0.2, 0.25) is 0 Å². The number of ether oxygens (including phenoxy) is 2. The Morgan fingerprint density at radius 2 is 1.47 bits per heavy atom. The minimum Gasteiger partial charge on any atom is -0.504 e. The number of hydrogen-bond acceptors (Lipinski definition) is 4. The molecule has 0 aliphatic rings. The zero-order chi connectivity index (χ0) is 23.3. The second kappa shape index (κ2) is 19.5. The first-order valence-corrected chi connectivity index (χ1v) is 12.5. The lowest BCUT2D eigenvalue weighted by Gasteiger charge is -2.03. The summed E-state index contributed by atoms with van der Waals surface area (Å²) in [6.07, 6.45) is 25.5. The van der Waals surface area contributed by atoms with Crippen LogP contribution in [-0.4, -0.2) is 24.8 Å². The molecule has 1 aromatic carbocycles. The van der Waals surface area contributed by atoms with E-state index in [1.54, 1.807) is 24.3 Å². The standard InChI is InChI=1S/C28H44O4/c1-3-4-5-6-7-8-9-10-11-12-13-14-15-16-17-20-28(30)32-23-18-19-25-21-22-26(29)27(24-25)31-2/h17-22,24,29H,3-16,23H2,1-2H3/b19-18+,20-17?. The van der Waals surface area contributed by atoms with E-state index in [0.717, 1.165) is 18.4 Å². The largest absolute Gasteiger partial charge is 0.504 e. The quantitative estimate of drug-likeness (QED) is 0.133. The molecule has 180 valence electrons. The molecule has 0 unspecified atom stereocenters. The number of esters is 1. The van der Waals surface area contributed by atoms with E-state index in [-0.39, 0.29) is 18.3 Å². The first-order chi connectivity index (χ1) is 15.7. The molecule has 0 atom stereocenters. The molecule has 0 aromatic heterocycles. The van der Waals surface area contributed by atoms with Gasteiger partial charge in [-0.1, -0.05) is 102 Å². The molecule has 0 aliphatic carbocycles. The normalized spacial score (nSPS) is 11.4. The van der Waals surface area contributed by atoms with E-state index in [4.69, 9.17) is 9.47 Å². The number of phenolic OH excluding ortho intramolecular Hbond substituents is 1. The third-order valence-electron chi connectivity index (χ3n) is 5.56. The van der Waals surface area contributed by atoms with Crippen LogP contribution in [0.25, 0.3) is 6.08 Å². The summed E-state index contributed by atoms with van der Waals surface area (Å²) in [5.74, 6) is 0.206. The second-order valence-electron chi connectivity index (χ2n) is 8.40. The SMILES string of the molecule is CCCCCCCCCCCCCCCC=CC(=O)OC/C=C/c1ccc(O)c(OC)c1. The van der Waals surface area contributed by atoms with E-state index in [1.807, 2.05) is 12.2 Å². The minimum absolute atomic E-state index is 0.102. The Kier molecular flexibility index (Phi) is 16.9. The summed E-state index contributed by atoms with van der Waals surface area (Å²) in [6.45, 7) is 2.48. The van der Waals surface area contributed by atoms with Crippen LogP contribution in [0, 0.1) is 0 Å². The van der Waals surface area contributed by atoms with Gasteiger partial charge in [0.1, 0.15) is 6.61 Å². The number of carbonyl (C=O) groups is 1. The molecule has 0 saturated carbocycles. The molecule has 1 N–H and O–H groups in total. The first kappa shape index (κ1) is 27.8. The van der Waals surface area contributed by atoms with Crippen LogP contribution in [0.5, 0.6) is 11.5 Å². The zero-order valence-corrected chi connectivity index (χ0v) is 20.3. The fraction of sp³-hybridized carbons (Fsp3) is 0.607. The summed E-state index contributed by atoms with van der Waals surface area (Å²) in [4.78, 5) is 11.7. The average Bonchev–Trinajstić information content (AvgIpc) is 2.80. The van der Waals surface area contributed by atoms with Crippen LogP contribution < -0.4 is 4.74 Å². The number of hydrogen-bond donors (Lipinski definition) is 1. The van der Waals surface area contributed by atoms with Crippen molar-refractivity contribution < 1.29 is 19.4 Å². The number of phenols is 1. The van der Waals surface area contributed by atoms with Crippen molar-refractivity contribution in [2.45, 2.75) is 96.8 Å². The first-order valence-electron chi connectivity index (χ1n) is 12.5. The molecule has 0 spiro atoms. The van der Waals surface area contributed by atoms with E-state index >= 15 is 0 Å². The highest BCUT2D eigenvalue weighted by molar-refractivity contribution is 5.81. The number of unbranched alkanes of at least 4 members (excludes halogenated alkanes) is 13. The van der Waals surface area contributed by atoms with Crippen molar-refractivity contribution in [1.29, 1.82) is 0 Å². The lowest BCUT2D eigenvalue weighted by molar-refractivity contribution is -0.136. The molecule has 1 rings (SSSR count). The van der Waals surface area contributed by atoms with E-state index in [9.17, 15) is 9.90 Å². The summed E-state index contributed by atoms with van der Waals surface area (Å²) in [5, 5.41) is 9.58. The summed E-state index contributed by atoms with van der Waals surface area (Å²) >= 11 is 0. The Morgan fingerprint density at radius 1 is 0.875 bits per heavy atom. The number of aromatic hydroxyl groups is 1. The monoisotopic (exact) mass is 444 g/mol. The molecule has 4 heteroatoms. The van der Waals surface area contributed by atoms with Crippen molar-refractivity contribution in [2.75, 3.05) is 13.7 Å². The van der Waals surface area contributed by atoms with Gasteiger partial charge in [0, 0.05) is 6.08 Å². The lowest BCUT2D eigenvalue weighted by Crippen LogP contribution is -1.99. The van der Waals surface area contributed by atoms with Gasteiger partial charge in [-0.25, -0.2) is 4.79 Å². The summed E-state index contributed by atoms with van der Waals surface area (Å²) in [5.41, 5.74) is 0.869. The van der Waals surface area contributed by atoms with Crippen LogP contribution in [0.3, 0.4) is 0 Å². The highest BCUT2D eigenvalue weighted by atomic mass is 16.5. The number of rotatable bonds is 19. The van der Waals surface area contributed by atoms with Crippen LogP contribution in [0.1, 0.15) is 102 Å². The number of allylic oxidation sites excluding steroid dienone is 1. The van der Waals surface area contributed by atoms with Gasteiger partial charge in [-0.15, -0.1) is 0 Å². The van der Waals surface area contributed by atoms with Gasteiger partial charge in [-0.3, -0.25) is 0 Å². The molecule has 32 heavy (non-hydrogen) atoms. The van der Waals surface area contributed by atoms with Crippen LogP contribution in [-0.2, 0) is 9.53 Å². The van der Waals surface area contributed by atoms with Gasteiger partial charge in [0.05, 0.1) is 7.11 Å². The van der Waals surface area contributed by atoms with E-state index in [2.05, 4.69) is 6.92 Å².